The van der Waals surface area contributed by atoms with Crippen molar-refractivity contribution in [3.8, 4) is 0 Å². The lowest BCUT2D eigenvalue weighted by atomic mass is 9.95. The molecule has 1 aromatic heterocycles. The van der Waals surface area contributed by atoms with Gasteiger partial charge < -0.3 is 5.73 Å². The third-order valence-corrected chi connectivity index (χ3v) is 3.66. The Morgan fingerprint density at radius 2 is 2.00 bits per heavy atom. The first-order chi connectivity index (χ1) is 4.91. The molecular weight excluding hydrogens is 222 g/mol. The number of anilines is 1. The maximum absolute atomic E-state index is 5.66. The number of rotatable bonds is 0. The molecule has 0 aromatic carbocycles. The van der Waals surface area contributed by atoms with Crippen LogP contribution in [0, 0.1) is 0 Å². The van der Waals surface area contributed by atoms with Gasteiger partial charge in [-0.2, -0.15) is 0 Å². The Kier molecular flexibility index (Phi) is 2.30. The maximum atomic E-state index is 5.66. The van der Waals surface area contributed by atoms with Crippen LogP contribution in [0.1, 0.15) is 25.6 Å². The molecule has 0 radical (unpaired) electrons. The van der Waals surface area contributed by atoms with E-state index in [0.717, 1.165) is 9.47 Å². The molecule has 0 fully saturated rings. The number of hydrogen-bond acceptors (Lipinski definition) is 2. The van der Waals surface area contributed by atoms with Crippen LogP contribution in [-0.2, 0) is 5.41 Å². The molecule has 2 N–H and O–H groups in total. The summed E-state index contributed by atoms with van der Waals surface area (Å²) in [6.07, 6.45) is 0. The third kappa shape index (κ3) is 1.97. The van der Waals surface area contributed by atoms with Crippen LogP contribution < -0.4 is 5.73 Å². The number of nitrogen functional groups attached to an aromatic ring is 1. The molecule has 1 rings (SSSR count). The average Bonchev–Trinajstić information content (AvgIpc) is 2.08. The molecule has 11 heavy (non-hydrogen) atoms. The minimum atomic E-state index is 0.196. The molecule has 0 saturated heterocycles. The lowest BCUT2D eigenvalue weighted by Gasteiger charge is -2.16. The van der Waals surface area contributed by atoms with Gasteiger partial charge in [0.2, 0.25) is 0 Å². The predicted octanol–water partition coefficient (Wildman–Crippen LogP) is 3.39. The van der Waals surface area contributed by atoms with E-state index in [1.807, 2.05) is 6.07 Å². The van der Waals surface area contributed by atoms with Gasteiger partial charge in [-0.3, -0.25) is 0 Å². The van der Waals surface area contributed by atoms with Crippen molar-refractivity contribution < 1.29 is 0 Å². The van der Waals surface area contributed by atoms with E-state index in [4.69, 9.17) is 5.73 Å². The quantitative estimate of drug-likeness (QED) is 0.731. The van der Waals surface area contributed by atoms with E-state index < -0.39 is 0 Å². The number of thiophene rings is 1. The van der Waals surface area contributed by atoms with Crippen LogP contribution in [0.5, 0.6) is 0 Å². The van der Waals surface area contributed by atoms with E-state index in [2.05, 4.69) is 36.7 Å². The monoisotopic (exact) mass is 233 g/mol. The fraction of sp³-hybridized carbons (Fsp3) is 0.500. The van der Waals surface area contributed by atoms with Gasteiger partial charge in [-0.15, -0.1) is 11.3 Å². The molecule has 0 unspecified atom stereocenters. The van der Waals surface area contributed by atoms with Gasteiger partial charge in [0.15, 0.2) is 0 Å². The lowest BCUT2D eigenvalue weighted by molar-refractivity contribution is 0.601. The van der Waals surface area contributed by atoms with E-state index in [9.17, 15) is 0 Å². The summed E-state index contributed by atoms with van der Waals surface area (Å²) < 4.78 is 1.13. The molecule has 0 bridgehead atoms. The van der Waals surface area contributed by atoms with E-state index >= 15 is 0 Å². The summed E-state index contributed by atoms with van der Waals surface area (Å²) in [5, 5.41) is 0.877. The molecule has 0 spiro atoms. The minimum absolute atomic E-state index is 0.196. The van der Waals surface area contributed by atoms with Crippen molar-refractivity contribution in [1.82, 2.24) is 0 Å². The third-order valence-electron chi connectivity index (χ3n) is 1.39. The Balaban J connectivity index is 3.13. The van der Waals surface area contributed by atoms with Crippen LogP contribution in [0.4, 0.5) is 5.00 Å². The first-order valence-electron chi connectivity index (χ1n) is 3.46. The van der Waals surface area contributed by atoms with E-state index in [0.29, 0.717) is 0 Å². The first-order valence-corrected chi connectivity index (χ1v) is 5.07. The first kappa shape index (κ1) is 9.07. The highest BCUT2D eigenvalue weighted by Crippen LogP contribution is 2.37. The van der Waals surface area contributed by atoms with Gasteiger partial charge in [0, 0.05) is 9.35 Å². The zero-order valence-electron chi connectivity index (χ0n) is 6.94. The Hall–Kier alpha value is -0.0200. The summed E-state index contributed by atoms with van der Waals surface area (Å²) in [5.74, 6) is 0. The molecular formula is C8H12BrNS. The van der Waals surface area contributed by atoms with Crippen molar-refractivity contribution in [1.29, 1.82) is 0 Å². The fourth-order valence-electron chi connectivity index (χ4n) is 0.898. The van der Waals surface area contributed by atoms with Gasteiger partial charge in [0.25, 0.3) is 0 Å². The van der Waals surface area contributed by atoms with Crippen molar-refractivity contribution in [2.24, 2.45) is 0 Å². The van der Waals surface area contributed by atoms with Crippen LogP contribution in [0.2, 0.25) is 0 Å². The number of hydrogen-bond donors (Lipinski definition) is 1. The average molecular weight is 234 g/mol. The second-order valence-electron chi connectivity index (χ2n) is 3.58. The predicted molar refractivity (Wildman–Crippen MR) is 55.1 cm³/mol. The maximum Gasteiger partial charge on any atom is 0.0871 e. The molecule has 0 atom stereocenters. The zero-order valence-corrected chi connectivity index (χ0v) is 9.34. The molecule has 1 heterocycles. The molecule has 0 aliphatic carbocycles. The normalized spacial score (nSPS) is 12.0. The van der Waals surface area contributed by atoms with Gasteiger partial charge >= 0.3 is 0 Å². The zero-order chi connectivity index (χ0) is 8.65. The van der Waals surface area contributed by atoms with Crippen LogP contribution in [0.3, 0.4) is 0 Å². The van der Waals surface area contributed by atoms with Gasteiger partial charge in [0.1, 0.15) is 0 Å². The topological polar surface area (TPSA) is 26.0 Å². The van der Waals surface area contributed by atoms with E-state index in [1.54, 1.807) is 11.3 Å². The molecule has 1 aromatic rings. The summed E-state index contributed by atoms with van der Waals surface area (Å²) in [5.41, 5.74) is 5.86. The van der Waals surface area contributed by atoms with Crippen molar-refractivity contribution in [3.63, 3.8) is 0 Å². The molecule has 3 heteroatoms. The van der Waals surface area contributed by atoms with E-state index in [-0.39, 0.29) is 5.41 Å². The SMILES string of the molecule is CC(C)(C)c1sc(N)cc1Br. The Morgan fingerprint density at radius 3 is 2.18 bits per heavy atom. The number of halogens is 1. The second-order valence-corrected chi connectivity index (χ2v) is 5.51. The fourth-order valence-corrected chi connectivity index (χ4v) is 3.01. The van der Waals surface area contributed by atoms with Gasteiger partial charge in [0.05, 0.1) is 5.00 Å². The highest BCUT2D eigenvalue weighted by Gasteiger charge is 2.19. The van der Waals surface area contributed by atoms with Crippen LogP contribution in [-0.4, -0.2) is 0 Å². The Bertz CT molecular complexity index is 260. The Morgan fingerprint density at radius 1 is 1.45 bits per heavy atom. The van der Waals surface area contributed by atoms with Crippen molar-refractivity contribution in [2.75, 3.05) is 5.73 Å². The summed E-state index contributed by atoms with van der Waals surface area (Å²) in [6.45, 7) is 6.55. The highest BCUT2D eigenvalue weighted by molar-refractivity contribution is 9.10. The standard InChI is InChI=1S/C8H12BrNS/c1-8(2,3)7-5(9)4-6(10)11-7/h4H,10H2,1-3H3. The minimum Gasteiger partial charge on any atom is -0.391 e. The molecule has 0 aliphatic heterocycles. The molecule has 0 aliphatic rings. The summed E-state index contributed by atoms with van der Waals surface area (Å²) in [7, 11) is 0. The van der Waals surface area contributed by atoms with Gasteiger partial charge in [-0.05, 0) is 27.4 Å². The van der Waals surface area contributed by atoms with Crippen molar-refractivity contribution >= 4 is 32.3 Å². The second kappa shape index (κ2) is 2.79. The highest BCUT2D eigenvalue weighted by atomic mass is 79.9. The molecule has 62 valence electrons. The van der Waals surface area contributed by atoms with Crippen molar-refractivity contribution in [2.45, 2.75) is 26.2 Å². The van der Waals surface area contributed by atoms with Crippen LogP contribution in [0.15, 0.2) is 10.5 Å². The largest absolute Gasteiger partial charge is 0.391 e. The van der Waals surface area contributed by atoms with Crippen LogP contribution >= 0.6 is 27.3 Å². The molecule has 1 nitrogen and oxygen atoms in total. The molecule has 0 amide bonds. The van der Waals surface area contributed by atoms with Gasteiger partial charge in [-0.1, -0.05) is 20.8 Å². The Labute approximate surface area is 79.7 Å². The summed E-state index contributed by atoms with van der Waals surface area (Å²) >= 11 is 5.14. The number of nitrogens with two attached hydrogens (primary N) is 1. The molecule has 0 saturated carbocycles. The van der Waals surface area contributed by atoms with Gasteiger partial charge in [-0.25, -0.2) is 0 Å². The van der Waals surface area contributed by atoms with Crippen molar-refractivity contribution in [3.05, 3.63) is 15.4 Å². The smallest absolute Gasteiger partial charge is 0.0871 e. The van der Waals surface area contributed by atoms with E-state index in [1.165, 1.54) is 4.88 Å². The van der Waals surface area contributed by atoms with Crippen LogP contribution in [0.25, 0.3) is 0 Å². The lowest BCUT2D eigenvalue weighted by Crippen LogP contribution is -2.08. The summed E-state index contributed by atoms with van der Waals surface area (Å²) in [4.78, 5) is 1.31. The summed E-state index contributed by atoms with van der Waals surface area (Å²) in [6, 6.07) is 1.96.